The molecule has 0 spiro atoms. The number of halogens is 1. The zero-order valence-corrected chi connectivity index (χ0v) is 18.9. The number of nitrogens with zero attached hydrogens (tertiary/aromatic N) is 3. The molecule has 0 unspecified atom stereocenters. The van der Waals surface area contributed by atoms with Gasteiger partial charge in [0.25, 0.3) is 0 Å². The van der Waals surface area contributed by atoms with Gasteiger partial charge in [0.15, 0.2) is 5.96 Å². The van der Waals surface area contributed by atoms with Gasteiger partial charge >= 0.3 is 0 Å². The van der Waals surface area contributed by atoms with E-state index in [1.54, 1.807) is 7.11 Å². The zero-order valence-electron chi connectivity index (χ0n) is 16.6. The second kappa shape index (κ2) is 10.9. The minimum absolute atomic E-state index is 0. The molecule has 3 rings (SSSR count). The predicted octanol–water partition coefficient (Wildman–Crippen LogP) is 3.50. The van der Waals surface area contributed by atoms with E-state index in [4.69, 9.17) is 9.73 Å². The molecule has 0 saturated carbocycles. The highest BCUT2D eigenvalue weighted by atomic mass is 127. The molecule has 2 N–H and O–H groups in total. The summed E-state index contributed by atoms with van der Waals surface area (Å²) < 4.78 is 7.51. The van der Waals surface area contributed by atoms with Crippen molar-refractivity contribution in [1.29, 1.82) is 0 Å². The Kier molecular flexibility index (Phi) is 8.56. The molecule has 0 bridgehead atoms. The lowest BCUT2D eigenvalue weighted by Crippen LogP contribution is -2.38. The van der Waals surface area contributed by atoms with E-state index >= 15 is 0 Å². The highest BCUT2D eigenvalue weighted by molar-refractivity contribution is 14.0. The number of hydrogen-bond acceptors (Lipinski definition) is 3. The zero-order chi connectivity index (χ0) is 19.1. The standard InChI is InChI=1S/C21H27N5O.HI/c1-4-22-21(23-14-13-16-9-5-8-12-19(16)27-3)24-15-20-25-17-10-6-7-11-18(17)26(20)2;/h5-12H,4,13-15H2,1-3H3,(H2,22,23,24);1H. The number of hydrogen-bond donors (Lipinski definition) is 2. The number of guanidine groups is 1. The third-order valence-corrected chi connectivity index (χ3v) is 4.48. The number of rotatable bonds is 7. The molecule has 6 nitrogen and oxygen atoms in total. The largest absolute Gasteiger partial charge is 0.496 e. The van der Waals surface area contributed by atoms with E-state index in [2.05, 4.69) is 39.2 Å². The van der Waals surface area contributed by atoms with Gasteiger partial charge in [0.1, 0.15) is 18.1 Å². The van der Waals surface area contributed by atoms with Crippen LogP contribution >= 0.6 is 24.0 Å². The number of methoxy groups -OCH3 is 1. The molecule has 0 aliphatic rings. The van der Waals surface area contributed by atoms with Crippen LogP contribution in [-0.4, -0.2) is 35.7 Å². The van der Waals surface area contributed by atoms with Crippen molar-refractivity contribution in [1.82, 2.24) is 20.2 Å². The number of nitrogens with one attached hydrogen (secondary N) is 2. The van der Waals surface area contributed by atoms with Gasteiger partial charge in [-0.15, -0.1) is 24.0 Å². The van der Waals surface area contributed by atoms with Crippen molar-refractivity contribution in [2.45, 2.75) is 19.9 Å². The Bertz CT molecular complexity index is 922. The molecule has 7 heteroatoms. The summed E-state index contributed by atoms with van der Waals surface area (Å²) in [6, 6.07) is 16.2. The fourth-order valence-electron chi connectivity index (χ4n) is 3.05. The van der Waals surface area contributed by atoms with Crippen molar-refractivity contribution in [2.75, 3.05) is 20.2 Å². The SMILES string of the molecule is CCNC(=NCc1nc2ccccc2n1C)NCCc1ccccc1OC.I. The Morgan fingerprint density at radius 3 is 2.61 bits per heavy atom. The lowest BCUT2D eigenvalue weighted by molar-refractivity contribution is 0.409. The van der Waals surface area contributed by atoms with Crippen LogP contribution in [0.2, 0.25) is 0 Å². The minimum Gasteiger partial charge on any atom is -0.496 e. The maximum absolute atomic E-state index is 5.41. The van der Waals surface area contributed by atoms with Crippen molar-refractivity contribution >= 4 is 41.0 Å². The summed E-state index contributed by atoms with van der Waals surface area (Å²) in [5.74, 6) is 2.65. The Morgan fingerprint density at radius 1 is 1.11 bits per heavy atom. The van der Waals surface area contributed by atoms with E-state index in [-0.39, 0.29) is 24.0 Å². The van der Waals surface area contributed by atoms with Crippen molar-refractivity contribution in [2.24, 2.45) is 12.0 Å². The third-order valence-electron chi connectivity index (χ3n) is 4.48. The molecule has 28 heavy (non-hydrogen) atoms. The average Bonchev–Trinajstić information content (AvgIpc) is 3.02. The molecule has 150 valence electrons. The maximum atomic E-state index is 5.41. The van der Waals surface area contributed by atoms with Gasteiger partial charge in [-0.05, 0) is 37.1 Å². The van der Waals surface area contributed by atoms with Gasteiger partial charge in [0.05, 0.1) is 18.1 Å². The Hall–Kier alpha value is -2.29. The van der Waals surface area contributed by atoms with Crippen molar-refractivity contribution < 1.29 is 4.74 Å². The fourth-order valence-corrected chi connectivity index (χ4v) is 3.05. The number of aromatic nitrogens is 2. The van der Waals surface area contributed by atoms with Crippen LogP contribution in [0.25, 0.3) is 11.0 Å². The molecular formula is C21H28IN5O. The van der Waals surface area contributed by atoms with E-state index in [0.29, 0.717) is 6.54 Å². The molecule has 0 radical (unpaired) electrons. The number of para-hydroxylation sites is 3. The van der Waals surface area contributed by atoms with Crippen LogP contribution in [0.1, 0.15) is 18.3 Å². The molecule has 0 atom stereocenters. The van der Waals surface area contributed by atoms with E-state index < -0.39 is 0 Å². The first kappa shape index (κ1) is 22.0. The van der Waals surface area contributed by atoms with Crippen LogP contribution in [0.5, 0.6) is 5.75 Å². The van der Waals surface area contributed by atoms with Crippen LogP contribution in [0.4, 0.5) is 0 Å². The lowest BCUT2D eigenvalue weighted by Gasteiger charge is -2.12. The van der Waals surface area contributed by atoms with Gasteiger partial charge in [-0.2, -0.15) is 0 Å². The van der Waals surface area contributed by atoms with Gasteiger partial charge in [-0.25, -0.2) is 9.98 Å². The molecule has 0 aliphatic carbocycles. The van der Waals surface area contributed by atoms with Gasteiger partial charge in [-0.1, -0.05) is 30.3 Å². The molecular weight excluding hydrogens is 465 g/mol. The quantitative estimate of drug-likeness (QED) is 0.301. The summed E-state index contributed by atoms with van der Waals surface area (Å²) in [5, 5.41) is 6.68. The summed E-state index contributed by atoms with van der Waals surface area (Å²) in [7, 11) is 3.73. The van der Waals surface area contributed by atoms with E-state index in [9.17, 15) is 0 Å². The number of fused-ring (bicyclic) bond motifs is 1. The normalized spacial score (nSPS) is 11.2. The highest BCUT2D eigenvalue weighted by Gasteiger charge is 2.07. The van der Waals surface area contributed by atoms with Gasteiger partial charge in [0, 0.05) is 20.1 Å². The molecule has 0 amide bonds. The fraction of sp³-hybridized carbons (Fsp3) is 0.333. The summed E-state index contributed by atoms with van der Waals surface area (Å²) in [4.78, 5) is 9.37. The molecule has 1 aromatic heterocycles. The van der Waals surface area contributed by atoms with E-state index in [0.717, 1.165) is 48.1 Å². The second-order valence-electron chi connectivity index (χ2n) is 6.26. The summed E-state index contributed by atoms with van der Waals surface area (Å²) in [5.41, 5.74) is 3.30. The van der Waals surface area contributed by atoms with Crippen molar-refractivity contribution in [3.05, 3.63) is 59.9 Å². The van der Waals surface area contributed by atoms with Crippen LogP contribution in [-0.2, 0) is 20.0 Å². The first-order valence-corrected chi connectivity index (χ1v) is 9.27. The van der Waals surface area contributed by atoms with Crippen molar-refractivity contribution in [3.63, 3.8) is 0 Å². The van der Waals surface area contributed by atoms with E-state index in [1.807, 2.05) is 43.4 Å². The van der Waals surface area contributed by atoms with Crippen LogP contribution in [0, 0.1) is 0 Å². The first-order chi connectivity index (χ1) is 13.2. The summed E-state index contributed by atoms with van der Waals surface area (Å²) in [6.07, 6.45) is 0.862. The molecule has 0 aliphatic heterocycles. The minimum atomic E-state index is 0. The summed E-state index contributed by atoms with van der Waals surface area (Å²) in [6.45, 7) is 4.17. The van der Waals surface area contributed by atoms with E-state index in [1.165, 1.54) is 5.56 Å². The van der Waals surface area contributed by atoms with Gasteiger partial charge in [0.2, 0.25) is 0 Å². The van der Waals surface area contributed by atoms with Crippen LogP contribution in [0.3, 0.4) is 0 Å². The van der Waals surface area contributed by atoms with Crippen molar-refractivity contribution in [3.8, 4) is 5.75 Å². The predicted molar refractivity (Wildman–Crippen MR) is 126 cm³/mol. The Balaban J connectivity index is 0.00000280. The Labute approximate surface area is 183 Å². The topological polar surface area (TPSA) is 63.5 Å². The maximum Gasteiger partial charge on any atom is 0.191 e. The number of aryl methyl sites for hydroxylation is 1. The smallest absolute Gasteiger partial charge is 0.191 e. The average molecular weight is 493 g/mol. The molecule has 0 fully saturated rings. The Morgan fingerprint density at radius 2 is 1.86 bits per heavy atom. The molecule has 3 aromatic rings. The molecule has 2 aromatic carbocycles. The first-order valence-electron chi connectivity index (χ1n) is 9.27. The summed E-state index contributed by atoms with van der Waals surface area (Å²) >= 11 is 0. The van der Waals surface area contributed by atoms with Crippen LogP contribution in [0.15, 0.2) is 53.5 Å². The number of imidazole rings is 1. The third kappa shape index (κ3) is 5.37. The monoisotopic (exact) mass is 493 g/mol. The lowest BCUT2D eigenvalue weighted by atomic mass is 10.1. The second-order valence-corrected chi connectivity index (χ2v) is 6.26. The molecule has 0 saturated heterocycles. The number of aliphatic imine (C=N–C) groups is 1. The number of benzene rings is 2. The highest BCUT2D eigenvalue weighted by Crippen LogP contribution is 2.17. The van der Waals surface area contributed by atoms with Gasteiger partial charge < -0.3 is 19.9 Å². The molecule has 1 heterocycles. The van der Waals surface area contributed by atoms with Gasteiger partial charge in [-0.3, -0.25) is 0 Å². The van der Waals surface area contributed by atoms with Crippen LogP contribution < -0.4 is 15.4 Å². The number of ether oxygens (including phenoxy) is 1.